The van der Waals surface area contributed by atoms with Gasteiger partial charge in [-0.1, -0.05) is 48.3 Å². The Kier molecular flexibility index (Phi) is 6.56. The zero-order chi connectivity index (χ0) is 15.9. The highest BCUT2D eigenvalue weighted by Crippen LogP contribution is 2.23. The Morgan fingerprint density at radius 2 is 1.86 bits per heavy atom. The average Bonchev–Trinajstić information content (AvgIpc) is 2.54. The van der Waals surface area contributed by atoms with E-state index in [1.807, 2.05) is 24.3 Å². The predicted octanol–water partition coefficient (Wildman–Crippen LogP) is 5.46. The maximum atomic E-state index is 6.01. The van der Waals surface area contributed by atoms with Gasteiger partial charge in [-0.15, -0.1) is 0 Å². The maximum Gasteiger partial charge on any atom is 0.120 e. The number of rotatable bonds is 7. The SMILES string of the molecule is CC[C@H](C)NCc1cccc(OCc2ccc(Cl)c(Cl)c2)c1. The van der Waals surface area contributed by atoms with E-state index in [0.717, 1.165) is 24.3 Å². The number of halogens is 2. The molecule has 0 heterocycles. The second-order valence-corrected chi connectivity index (χ2v) is 6.19. The lowest BCUT2D eigenvalue weighted by molar-refractivity contribution is 0.306. The number of hydrogen-bond donors (Lipinski definition) is 1. The number of hydrogen-bond acceptors (Lipinski definition) is 2. The van der Waals surface area contributed by atoms with Crippen LogP contribution in [0.4, 0.5) is 0 Å². The lowest BCUT2D eigenvalue weighted by Gasteiger charge is -2.12. The van der Waals surface area contributed by atoms with Crippen molar-refractivity contribution in [3.8, 4) is 5.75 Å². The van der Waals surface area contributed by atoms with Crippen LogP contribution in [0.25, 0.3) is 0 Å². The molecule has 2 aromatic carbocycles. The summed E-state index contributed by atoms with van der Waals surface area (Å²) < 4.78 is 5.83. The largest absolute Gasteiger partial charge is 0.489 e. The van der Waals surface area contributed by atoms with Crippen LogP contribution in [-0.2, 0) is 13.2 Å². The van der Waals surface area contributed by atoms with Crippen molar-refractivity contribution in [3.05, 3.63) is 63.6 Å². The van der Waals surface area contributed by atoms with Crippen molar-refractivity contribution in [2.75, 3.05) is 0 Å². The third-order valence-corrected chi connectivity index (χ3v) is 4.29. The molecule has 0 aromatic heterocycles. The summed E-state index contributed by atoms with van der Waals surface area (Å²) >= 11 is 11.9. The van der Waals surface area contributed by atoms with E-state index in [1.165, 1.54) is 5.56 Å². The quantitative estimate of drug-likeness (QED) is 0.724. The first-order valence-electron chi connectivity index (χ1n) is 7.47. The molecule has 4 heteroatoms. The molecule has 0 fully saturated rings. The highest BCUT2D eigenvalue weighted by molar-refractivity contribution is 6.42. The molecule has 1 N–H and O–H groups in total. The molecule has 0 saturated heterocycles. The summed E-state index contributed by atoms with van der Waals surface area (Å²) in [6, 6.07) is 14.2. The molecule has 0 aliphatic rings. The minimum atomic E-state index is 0.471. The van der Waals surface area contributed by atoms with Gasteiger partial charge >= 0.3 is 0 Å². The Labute approximate surface area is 142 Å². The summed E-state index contributed by atoms with van der Waals surface area (Å²) in [6.45, 7) is 5.68. The fourth-order valence-corrected chi connectivity index (χ4v) is 2.30. The Bertz CT molecular complexity index is 616. The van der Waals surface area contributed by atoms with Crippen LogP contribution in [0.1, 0.15) is 31.4 Å². The van der Waals surface area contributed by atoms with Crippen molar-refractivity contribution in [2.45, 2.75) is 39.5 Å². The van der Waals surface area contributed by atoms with Crippen molar-refractivity contribution in [3.63, 3.8) is 0 Å². The van der Waals surface area contributed by atoms with Gasteiger partial charge in [0.05, 0.1) is 10.0 Å². The fourth-order valence-electron chi connectivity index (χ4n) is 1.98. The van der Waals surface area contributed by atoms with Gasteiger partial charge in [0.1, 0.15) is 12.4 Å². The van der Waals surface area contributed by atoms with Crippen molar-refractivity contribution >= 4 is 23.2 Å². The topological polar surface area (TPSA) is 21.3 Å². The highest BCUT2D eigenvalue weighted by Gasteiger charge is 2.03. The van der Waals surface area contributed by atoms with Crippen LogP contribution < -0.4 is 10.1 Å². The predicted molar refractivity (Wildman–Crippen MR) is 93.8 cm³/mol. The summed E-state index contributed by atoms with van der Waals surface area (Å²) in [5, 5.41) is 4.58. The van der Waals surface area contributed by atoms with Crippen LogP contribution in [0.5, 0.6) is 5.75 Å². The number of ether oxygens (including phenoxy) is 1. The third-order valence-electron chi connectivity index (χ3n) is 3.55. The molecule has 0 radical (unpaired) electrons. The van der Waals surface area contributed by atoms with Crippen LogP contribution in [-0.4, -0.2) is 6.04 Å². The Morgan fingerprint density at radius 3 is 2.59 bits per heavy atom. The molecule has 2 rings (SSSR count). The summed E-state index contributed by atoms with van der Waals surface area (Å²) in [5.74, 6) is 0.856. The van der Waals surface area contributed by atoms with E-state index in [2.05, 4.69) is 31.3 Å². The van der Waals surface area contributed by atoms with Crippen molar-refractivity contribution < 1.29 is 4.74 Å². The zero-order valence-electron chi connectivity index (χ0n) is 12.9. The van der Waals surface area contributed by atoms with E-state index in [9.17, 15) is 0 Å². The van der Waals surface area contributed by atoms with Gasteiger partial charge < -0.3 is 10.1 Å². The molecule has 22 heavy (non-hydrogen) atoms. The summed E-state index contributed by atoms with van der Waals surface area (Å²) in [6.07, 6.45) is 1.12. The monoisotopic (exact) mass is 337 g/mol. The third kappa shape index (κ3) is 5.20. The number of nitrogens with one attached hydrogen (secondary N) is 1. The minimum absolute atomic E-state index is 0.471. The van der Waals surface area contributed by atoms with E-state index in [-0.39, 0.29) is 0 Å². The van der Waals surface area contributed by atoms with E-state index in [0.29, 0.717) is 22.7 Å². The molecule has 118 valence electrons. The Morgan fingerprint density at radius 1 is 1.05 bits per heavy atom. The first kappa shape index (κ1) is 17.1. The van der Waals surface area contributed by atoms with Gasteiger partial charge in [-0.2, -0.15) is 0 Å². The van der Waals surface area contributed by atoms with Crippen molar-refractivity contribution in [1.29, 1.82) is 0 Å². The van der Waals surface area contributed by atoms with Gasteiger partial charge in [0.15, 0.2) is 0 Å². The molecule has 0 amide bonds. The summed E-state index contributed by atoms with van der Waals surface area (Å²) in [4.78, 5) is 0. The fraction of sp³-hybridized carbons (Fsp3) is 0.333. The van der Waals surface area contributed by atoms with Crippen molar-refractivity contribution in [1.82, 2.24) is 5.32 Å². The second-order valence-electron chi connectivity index (χ2n) is 5.37. The summed E-state index contributed by atoms with van der Waals surface area (Å²) in [7, 11) is 0. The van der Waals surface area contributed by atoms with E-state index in [4.69, 9.17) is 27.9 Å². The van der Waals surface area contributed by atoms with Crippen LogP contribution in [0, 0.1) is 0 Å². The average molecular weight is 338 g/mol. The van der Waals surface area contributed by atoms with Crippen molar-refractivity contribution in [2.24, 2.45) is 0 Å². The van der Waals surface area contributed by atoms with Gasteiger partial charge in [-0.25, -0.2) is 0 Å². The highest BCUT2D eigenvalue weighted by atomic mass is 35.5. The molecular formula is C18H21Cl2NO. The zero-order valence-corrected chi connectivity index (χ0v) is 14.4. The second kappa shape index (κ2) is 8.42. The molecule has 2 aromatic rings. The van der Waals surface area contributed by atoms with Gasteiger partial charge in [-0.05, 0) is 48.7 Å². The lowest BCUT2D eigenvalue weighted by Crippen LogP contribution is -2.24. The molecule has 0 bridgehead atoms. The van der Waals surface area contributed by atoms with E-state index in [1.54, 1.807) is 6.07 Å². The molecule has 1 atom stereocenters. The van der Waals surface area contributed by atoms with Gasteiger partial charge in [0.2, 0.25) is 0 Å². The molecule has 0 aliphatic heterocycles. The Hall–Kier alpha value is -1.22. The van der Waals surface area contributed by atoms with Gasteiger partial charge in [-0.3, -0.25) is 0 Å². The number of benzene rings is 2. The van der Waals surface area contributed by atoms with Gasteiger partial charge in [0, 0.05) is 12.6 Å². The minimum Gasteiger partial charge on any atom is -0.489 e. The Balaban J connectivity index is 1.93. The van der Waals surface area contributed by atoms with Crippen LogP contribution in [0.15, 0.2) is 42.5 Å². The maximum absolute atomic E-state index is 6.01. The summed E-state index contributed by atoms with van der Waals surface area (Å²) in [5.41, 5.74) is 2.21. The normalized spacial score (nSPS) is 12.2. The first-order chi connectivity index (χ1) is 10.6. The molecule has 0 spiro atoms. The smallest absolute Gasteiger partial charge is 0.120 e. The molecule has 0 unspecified atom stereocenters. The molecule has 2 nitrogen and oxygen atoms in total. The van der Waals surface area contributed by atoms with Crippen LogP contribution in [0.3, 0.4) is 0 Å². The first-order valence-corrected chi connectivity index (χ1v) is 8.23. The van der Waals surface area contributed by atoms with Crippen LogP contribution >= 0.6 is 23.2 Å². The molecule has 0 saturated carbocycles. The van der Waals surface area contributed by atoms with E-state index >= 15 is 0 Å². The standard InChI is InChI=1S/C18H21Cl2NO/c1-3-13(2)21-11-14-5-4-6-16(9-14)22-12-15-7-8-17(19)18(20)10-15/h4-10,13,21H,3,11-12H2,1-2H3/t13-/m0/s1. The lowest BCUT2D eigenvalue weighted by atomic mass is 10.2. The van der Waals surface area contributed by atoms with Gasteiger partial charge in [0.25, 0.3) is 0 Å². The van der Waals surface area contributed by atoms with E-state index < -0.39 is 0 Å². The molecular weight excluding hydrogens is 317 g/mol. The molecule has 0 aliphatic carbocycles. The van der Waals surface area contributed by atoms with Crippen LogP contribution in [0.2, 0.25) is 10.0 Å².